The first-order valence-electron chi connectivity index (χ1n) is 5.66. The molecule has 1 unspecified atom stereocenters. The topological polar surface area (TPSA) is 38.5 Å². The molecule has 90 valence electrons. The Kier molecular flexibility index (Phi) is 4.62. The lowest BCUT2D eigenvalue weighted by atomic mass is 10.2. The van der Waals surface area contributed by atoms with Crippen molar-refractivity contribution in [1.82, 2.24) is 4.90 Å². The van der Waals surface area contributed by atoms with E-state index in [4.69, 9.17) is 10.5 Å². The third-order valence-electron chi connectivity index (χ3n) is 2.93. The number of hydrogen-bond acceptors (Lipinski definition) is 3. The fourth-order valence-corrected chi connectivity index (χ4v) is 1.34. The van der Waals surface area contributed by atoms with E-state index in [9.17, 15) is 0 Å². The van der Waals surface area contributed by atoms with Gasteiger partial charge in [0.1, 0.15) is 5.75 Å². The number of nitrogens with zero attached hydrogens (tertiary/aromatic N) is 1. The van der Waals surface area contributed by atoms with Gasteiger partial charge in [0.25, 0.3) is 0 Å². The van der Waals surface area contributed by atoms with Crippen molar-refractivity contribution in [2.45, 2.75) is 26.3 Å². The molecule has 2 N–H and O–H groups in total. The molecule has 0 aromatic heterocycles. The van der Waals surface area contributed by atoms with Crippen molar-refractivity contribution >= 4 is 5.69 Å². The van der Waals surface area contributed by atoms with Gasteiger partial charge in [0.05, 0.1) is 6.61 Å². The monoisotopic (exact) mass is 222 g/mol. The fourth-order valence-electron chi connectivity index (χ4n) is 1.34. The van der Waals surface area contributed by atoms with Crippen LogP contribution in [-0.4, -0.2) is 31.6 Å². The van der Waals surface area contributed by atoms with Gasteiger partial charge in [-0.15, -0.1) is 0 Å². The Hall–Kier alpha value is -1.22. The van der Waals surface area contributed by atoms with Crippen LogP contribution in [0.25, 0.3) is 0 Å². The van der Waals surface area contributed by atoms with E-state index in [0.29, 0.717) is 6.04 Å². The molecular formula is C13H22N2O. The zero-order chi connectivity index (χ0) is 12.1. The van der Waals surface area contributed by atoms with E-state index in [2.05, 4.69) is 25.9 Å². The molecule has 0 saturated heterocycles. The summed E-state index contributed by atoms with van der Waals surface area (Å²) in [4.78, 5) is 2.19. The molecule has 16 heavy (non-hydrogen) atoms. The molecule has 1 aromatic rings. The van der Waals surface area contributed by atoms with Crippen molar-refractivity contribution in [1.29, 1.82) is 0 Å². The second kappa shape index (κ2) is 5.75. The molecule has 0 heterocycles. The largest absolute Gasteiger partial charge is 0.494 e. The quantitative estimate of drug-likeness (QED) is 0.777. The lowest BCUT2D eigenvalue weighted by Crippen LogP contribution is -2.26. The minimum atomic E-state index is 0.537. The Bertz CT molecular complexity index is 337. The van der Waals surface area contributed by atoms with E-state index >= 15 is 0 Å². The molecule has 3 nitrogen and oxygen atoms in total. The molecule has 1 atom stereocenters. The summed E-state index contributed by atoms with van der Waals surface area (Å²) >= 11 is 0. The molecule has 0 saturated carbocycles. The van der Waals surface area contributed by atoms with Gasteiger partial charge in [-0.2, -0.15) is 0 Å². The Morgan fingerprint density at radius 3 is 2.62 bits per heavy atom. The van der Waals surface area contributed by atoms with Gasteiger partial charge in [-0.05, 0) is 58.1 Å². The van der Waals surface area contributed by atoms with Gasteiger partial charge in [0.2, 0.25) is 0 Å². The highest BCUT2D eigenvalue weighted by molar-refractivity contribution is 5.49. The summed E-state index contributed by atoms with van der Waals surface area (Å²) in [6, 6.07) is 6.33. The van der Waals surface area contributed by atoms with Gasteiger partial charge in [-0.3, -0.25) is 0 Å². The minimum absolute atomic E-state index is 0.537. The van der Waals surface area contributed by atoms with Crippen LogP contribution >= 0.6 is 0 Å². The maximum absolute atomic E-state index is 5.74. The second-order valence-corrected chi connectivity index (χ2v) is 4.47. The number of ether oxygens (including phenoxy) is 1. The van der Waals surface area contributed by atoms with Crippen LogP contribution in [-0.2, 0) is 0 Å². The summed E-state index contributed by atoms with van der Waals surface area (Å²) in [5, 5.41) is 0. The fraction of sp³-hybridized carbons (Fsp3) is 0.538. The van der Waals surface area contributed by atoms with Crippen LogP contribution in [0.1, 0.15) is 18.9 Å². The predicted octanol–water partition coefficient (Wildman–Crippen LogP) is 2.30. The maximum atomic E-state index is 5.74. The van der Waals surface area contributed by atoms with Crippen molar-refractivity contribution in [2.24, 2.45) is 0 Å². The maximum Gasteiger partial charge on any atom is 0.119 e. The van der Waals surface area contributed by atoms with Crippen LogP contribution in [0.4, 0.5) is 5.69 Å². The zero-order valence-electron chi connectivity index (χ0n) is 10.7. The highest BCUT2D eigenvalue weighted by Crippen LogP contribution is 2.18. The molecule has 0 spiro atoms. The van der Waals surface area contributed by atoms with Gasteiger partial charge < -0.3 is 15.4 Å². The van der Waals surface area contributed by atoms with Crippen LogP contribution in [0, 0.1) is 6.92 Å². The lowest BCUT2D eigenvalue weighted by Gasteiger charge is -2.19. The lowest BCUT2D eigenvalue weighted by molar-refractivity contribution is 0.233. The molecule has 0 aliphatic heterocycles. The molecule has 1 aromatic carbocycles. The Labute approximate surface area is 98.2 Å². The van der Waals surface area contributed by atoms with Crippen LogP contribution in [0.2, 0.25) is 0 Å². The Morgan fingerprint density at radius 1 is 1.38 bits per heavy atom. The first kappa shape index (κ1) is 12.8. The van der Waals surface area contributed by atoms with Crippen LogP contribution < -0.4 is 10.5 Å². The number of anilines is 1. The molecule has 0 aliphatic carbocycles. The van der Waals surface area contributed by atoms with Crippen molar-refractivity contribution in [3.05, 3.63) is 23.8 Å². The van der Waals surface area contributed by atoms with E-state index in [1.807, 2.05) is 25.1 Å². The van der Waals surface area contributed by atoms with Crippen LogP contribution in [0.5, 0.6) is 5.75 Å². The third kappa shape index (κ3) is 3.74. The normalized spacial score (nSPS) is 12.8. The Morgan fingerprint density at radius 2 is 2.06 bits per heavy atom. The number of nitrogens with two attached hydrogens (primary N) is 1. The third-order valence-corrected chi connectivity index (χ3v) is 2.93. The zero-order valence-corrected chi connectivity index (χ0v) is 10.7. The van der Waals surface area contributed by atoms with Crippen molar-refractivity contribution in [2.75, 3.05) is 26.4 Å². The van der Waals surface area contributed by atoms with Crippen molar-refractivity contribution in [3.63, 3.8) is 0 Å². The number of benzene rings is 1. The van der Waals surface area contributed by atoms with Gasteiger partial charge in [0.15, 0.2) is 0 Å². The van der Waals surface area contributed by atoms with E-state index in [0.717, 1.165) is 30.0 Å². The first-order valence-corrected chi connectivity index (χ1v) is 5.66. The van der Waals surface area contributed by atoms with Gasteiger partial charge in [-0.25, -0.2) is 0 Å². The van der Waals surface area contributed by atoms with Crippen molar-refractivity contribution < 1.29 is 4.74 Å². The summed E-state index contributed by atoms with van der Waals surface area (Å²) < 4.78 is 5.68. The highest BCUT2D eigenvalue weighted by Gasteiger charge is 2.04. The SMILES string of the molecule is Cc1cc(OCCC(C)N(C)C)ccc1N. The molecule has 0 bridgehead atoms. The van der Waals surface area contributed by atoms with E-state index in [1.54, 1.807) is 0 Å². The molecule has 1 rings (SSSR count). The van der Waals surface area contributed by atoms with Gasteiger partial charge in [0, 0.05) is 11.7 Å². The summed E-state index contributed by atoms with van der Waals surface area (Å²) in [5.41, 5.74) is 7.62. The summed E-state index contributed by atoms with van der Waals surface area (Å²) in [6.07, 6.45) is 1.02. The first-order chi connectivity index (χ1) is 7.50. The average molecular weight is 222 g/mol. The summed E-state index contributed by atoms with van der Waals surface area (Å²) in [6.45, 7) is 4.92. The van der Waals surface area contributed by atoms with E-state index in [1.165, 1.54) is 0 Å². The van der Waals surface area contributed by atoms with E-state index in [-0.39, 0.29) is 0 Å². The molecule has 0 amide bonds. The minimum Gasteiger partial charge on any atom is -0.494 e. The average Bonchev–Trinajstić information content (AvgIpc) is 2.23. The van der Waals surface area contributed by atoms with Crippen molar-refractivity contribution in [3.8, 4) is 5.75 Å². The number of hydrogen-bond donors (Lipinski definition) is 1. The number of rotatable bonds is 5. The van der Waals surface area contributed by atoms with E-state index < -0.39 is 0 Å². The second-order valence-electron chi connectivity index (χ2n) is 4.47. The standard InChI is InChI=1S/C13H22N2O/c1-10-9-12(5-6-13(10)14)16-8-7-11(2)15(3)4/h5-6,9,11H,7-8,14H2,1-4H3. The highest BCUT2D eigenvalue weighted by atomic mass is 16.5. The molecular weight excluding hydrogens is 200 g/mol. The summed E-state index contributed by atoms with van der Waals surface area (Å²) in [7, 11) is 4.16. The molecule has 0 fully saturated rings. The molecule has 0 radical (unpaired) electrons. The molecule has 3 heteroatoms. The van der Waals surface area contributed by atoms with Crippen LogP contribution in [0.3, 0.4) is 0 Å². The van der Waals surface area contributed by atoms with Gasteiger partial charge in [-0.1, -0.05) is 0 Å². The number of nitrogen functional groups attached to an aromatic ring is 1. The number of aryl methyl sites for hydroxylation is 1. The molecule has 0 aliphatic rings. The Balaban J connectivity index is 2.40. The van der Waals surface area contributed by atoms with Gasteiger partial charge >= 0.3 is 0 Å². The summed E-state index contributed by atoms with van der Waals surface area (Å²) in [5.74, 6) is 0.901. The van der Waals surface area contributed by atoms with Crippen LogP contribution in [0.15, 0.2) is 18.2 Å². The smallest absolute Gasteiger partial charge is 0.119 e. The predicted molar refractivity (Wildman–Crippen MR) is 68.9 cm³/mol.